The van der Waals surface area contributed by atoms with Crippen molar-refractivity contribution >= 4 is 91.9 Å². The van der Waals surface area contributed by atoms with Gasteiger partial charge < -0.3 is 9.47 Å². The monoisotopic (exact) mass is 690 g/mol. The van der Waals surface area contributed by atoms with E-state index in [1.807, 2.05) is 11.3 Å². The van der Waals surface area contributed by atoms with Crippen molar-refractivity contribution < 1.29 is 0 Å². The second kappa shape index (κ2) is 10.9. The van der Waals surface area contributed by atoms with Gasteiger partial charge in [-0.25, -0.2) is 0 Å². The molecule has 0 radical (unpaired) electrons. The predicted octanol–water partition coefficient (Wildman–Crippen LogP) is 14.6. The minimum absolute atomic E-state index is 1.17. The summed E-state index contributed by atoms with van der Waals surface area (Å²) in [5.74, 6) is 0. The maximum absolute atomic E-state index is 2.55. The van der Waals surface area contributed by atoms with Crippen LogP contribution in [-0.4, -0.2) is 4.57 Å². The first-order valence-electron chi connectivity index (χ1n) is 18.2. The van der Waals surface area contributed by atoms with Crippen LogP contribution >= 0.6 is 11.3 Å². The molecule has 1 aliphatic carbocycles. The van der Waals surface area contributed by atoms with Crippen LogP contribution in [0.1, 0.15) is 0 Å². The van der Waals surface area contributed by atoms with Gasteiger partial charge in [-0.1, -0.05) is 133 Å². The van der Waals surface area contributed by atoms with Gasteiger partial charge in [-0.05, 0) is 81.4 Å². The van der Waals surface area contributed by atoms with E-state index < -0.39 is 0 Å². The van der Waals surface area contributed by atoms with Gasteiger partial charge in [0.05, 0.1) is 32.8 Å². The minimum atomic E-state index is 1.17. The molecule has 0 bridgehead atoms. The van der Waals surface area contributed by atoms with Gasteiger partial charge in [0.1, 0.15) is 0 Å². The lowest BCUT2D eigenvalue weighted by atomic mass is 9.91. The number of aromatic nitrogens is 1. The molecule has 2 heterocycles. The highest BCUT2D eigenvalue weighted by atomic mass is 32.1. The largest absolute Gasteiger partial charge is 0.309 e. The lowest BCUT2D eigenvalue weighted by Crippen LogP contribution is -2.12. The van der Waals surface area contributed by atoms with Gasteiger partial charge in [-0.3, -0.25) is 0 Å². The van der Waals surface area contributed by atoms with E-state index in [1.165, 1.54) is 109 Å². The summed E-state index contributed by atoms with van der Waals surface area (Å²) < 4.78 is 5.05. The zero-order chi connectivity index (χ0) is 34.6. The van der Waals surface area contributed by atoms with Crippen LogP contribution in [0.2, 0.25) is 0 Å². The fourth-order valence-electron chi connectivity index (χ4n) is 9.15. The Kier molecular flexibility index (Phi) is 5.96. The first-order valence-corrected chi connectivity index (χ1v) is 19.0. The minimum Gasteiger partial charge on any atom is -0.309 e. The molecule has 12 rings (SSSR count). The molecule has 0 spiro atoms. The van der Waals surface area contributed by atoms with Crippen molar-refractivity contribution in [1.29, 1.82) is 0 Å². The van der Waals surface area contributed by atoms with Crippen LogP contribution in [0.25, 0.3) is 91.5 Å². The van der Waals surface area contributed by atoms with Crippen LogP contribution in [0.3, 0.4) is 0 Å². The first-order chi connectivity index (χ1) is 26.3. The van der Waals surface area contributed by atoms with Crippen LogP contribution in [-0.2, 0) is 0 Å². The van der Waals surface area contributed by atoms with E-state index in [-0.39, 0.29) is 0 Å². The van der Waals surface area contributed by atoms with Crippen LogP contribution < -0.4 is 4.90 Å². The van der Waals surface area contributed by atoms with Crippen molar-refractivity contribution in [2.45, 2.75) is 0 Å². The molecule has 9 aromatic carbocycles. The molecule has 246 valence electrons. The molecule has 0 aliphatic heterocycles. The fraction of sp³-hybridized carbons (Fsp3) is 0. The summed E-state index contributed by atoms with van der Waals surface area (Å²) in [6.07, 6.45) is 0. The summed E-state index contributed by atoms with van der Waals surface area (Å²) in [7, 11) is 0. The van der Waals surface area contributed by atoms with Gasteiger partial charge >= 0.3 is 0 Å². The van der Waals surface area contributed by atoms with Crippen LogP contribution in [0.4, 0.5) is 17.1 Å². The van der Waals surface area contributed by atoms with Crippen molar-refractivity contribution in [1.82, 2.24) is 4.57 Å². The molecule has 53 heavy (non-hydrogen) atoms. The fourth-order valence-corrected chi connectivity index (χ4v) is 10.4. The Balaban J connectivity index is 1.26. The van der Waals surface area contributed by atoms with Gasteiger partial charge in [0.2, 0.25) is 0 Å². The lowest BCUT2D eigenvalue weighted by molar-refractivity contribution is 1.18. The lowest BCUT2D eigenvalue weighted by Gasteiger charge is -2.30. The third-order valence-corrected chi connectivity index (χ3v) is 12.5. The zero-order valence-corrected chi connectivity index (χ0v) is 29.4. The Morgan fingerprint density at radius 1 is 0.377 bits per heavy atom. The summed E-state index contributed by atoms with van der Waals surface area (Å²) in [5, 5.41) is 10.2. The second-order valence-corrected chi connectivity index (χ2v) is 15.1. The Morgan fingerprint density at radius 3 is 1.96 bits per heavy atom. The Labute approximate surface area is 310 Å². The van der Waals surface area contributed by atoms with Crippen molar-refractivity contribution in [2.75, 3.05) is 4.90 Å². The molecule has 0 atom stereocenters. The number of hydrogen-bond acceptors (Lipinski definition) is 2. The van der Waals surface area contributed by atoms with Crippen molar-refractivity contribution in [3.63, 3.8) is 0 Å². The summed E-state index contributed by atoms with van der Waals surface area (Å²) in [4.78, 5) is 2.55. The van der Waals surface area contributed by atoms with Crippen LogP contribution in [0.5, 0.6) is 0 Å². The van der Waals surface area contributed by atoms with E-state index in [0.717, 1.165) is 0 Å². The Bertz CT molecular complexity index is 3290. The molecular formula is C50H30N2S. The number of benzene rings is 9. The van der Waals surface area contributed by atoms with Gasteiger partial charge in [0, 0.05) is 42.9 Å². The molecule has 0 saturated heterocycles. The molecule has 11 aromatic rings. The van der Waals surface area contributed by atoms with E-state index in [9.17, 15) is 0 Å². The average Bonchev–Trinajstić information content (AvgIpc) is 3.74. The smallest absolute Gasteiger partial charge is 0.0640 e. The number of fused-ring (bicyclic) bond motifs is 7. The molecule has 0 saturated carbocycles. The summed E-state index contributed by atoms with van der Waals surface area (Å²) in [6.45, 7) is 0. The van der Waals surface area contributed by atoms with Crippen LogP contribution in [0.15, 0.2) is 182 Å². The predicted molar refractivity (Wildman–Crippen MR) is 228 cm³/mol. The number of nitrogens with zero attached hydrogens (tertiary/aromatic N) is 2. The van der Waals surface area contributed by atoms with Gasteiger partial charge in [-0.15, -0.1) is 11.3 Å². The van der Waals surface area contributed by atoms with Crippen molar-refractivity contribution in [3.8, 4) is 27.9 Å². The molecule has 0 fully saturated rings. The summed E-state index contributed by atoms with van der Waals surface area (Å²) >= 11 is 1.88. The number of anilines is 3. The Morgan fingerprint density at radius 2 is 1.02 bits per heavy atom. The summed E-state index contributed by atoms with van der Waals surface area (Å²) in [5.41, 5.74) is 12.2. The second-order valence-electron chi connectivity index (χ2n) is 14.0. The number of hydrogen-bond donors (Lipinski definition) is 0. The van der Waals surface area contributed by atoms with E-state index >= 15 is 0 Å². The molecule has 3 heteroatoms. The van der Waals surface area contributed by atoms with Crippen molar-refractivity contribution in [2.24, 2.45) is 0 Å². The zero-order valence-electron chi connectivity index (χ0n) is 28.6. The SMILES string of the molecule is c1ccc(-n2c3cccc4c3c3c5c(cccc5ccc32)-c2cccc(N(c3cccc5ccccc35)c3cccc5c3sc3ccccc35)c2-4)cc1. The van der Waals surface area contributed by atoms with E-state index in [4.69, 9.17) is 0 Å². The molecule has 0 unspecified atom stereocenters. The standard InChI is InChI=1S/C50H30N2S/c1-2-16-33(17-3-1)51-42-26-12-23-39-47-37(36-20-8-15-32-29-30-43(51)49(46(32)36)48(39)42)21-10-25-41(47)52(40-24-9-14-31-13-4-5-18-34(31)40)44-27-11-22-38-35-19-6-7-28-45(35)53-50(38)44/h1-30H. The van der Waals surface area contributed by atoms with Gasteiger partial charge in [0.15, 0.2) is 0 Å². The Hall–Kier alpha value is -6.68. The number of thiophene rings is 1. The maximum atomic E-state index is 2.55. The van der Waals surface area contributed by atoms with Crippen molar-refractivity contribution in [3.05, 3.63) is 182 Å². The van der Waals surface area contributed by atoms with Crippen LogP contribution in [0, 0.1) is 0 Å². The molecule has 0 amide bonds. The van der Waals surface area contributed by atoms with E-state index in [0.29, 0.717) is 0 Å². The maximum Gasteiger partial charge on any atom is 0.0640 e. The number of rotatable bonds is 4. The summed E-state index contributed by atoms with van der Waals surface area (Å²) in [6, 6.07) is 67.3. The van der Waals surface area contributed by atoms with E-state index in [1.54, 1.807) is 0 Å². The van der Waals surface area contributed by atoms with E-state index in [2.05, 4.69) is 191 Å². The van der Waals surface area contributed by atoms with Gasteiger partial charge in [0.25, 0.3) is 0 Å². The molecule has 1 aliphatic rings. The molecule has 0 N–H and O–H groups in total. The number of para-hydroxylation sites is 1. The van der Waals surface area contributed by atoms with Gasteiger partial charge in [-0.2, -0.15) is 0 Å². The molecular weight excluding hydrogens is 661 g/mol. The third kappa shape index (κ3) is 3.97. The molecule has 2 nitrogen and oxygen atoms in total. The highest BCUT2D eigenvalue weighted by Gasteiger charge is 2.29. The first kappa shape index (κ1) is 29.0. The molecule has 2 aromatic heterocycles. The highest BCUT2D eigenvalue weighted by molar-refractivity contribution is 7.26. The quantitative estimate of drug-likeness (QED) is 0.178. The average molecular weight is 691 g/mol. The normalized spacial score (nSPS) is 12.2. The highest BCUT2D eigenvalue weighted by Crippen LogP contribution is 2.55. The topological polar surface area (TPSA) is 8.17 Å². The third-order valence-electron chi connectivity index (χ3n) is 11.3.